The van der Waals surface area contributed by atoms with Crippen LogP contribution in [0, 0.1) is 16.7 Å². The van der Waals surface area contributed by atoms with Crippen LogP contribution in [0.3, 0.4) is 0 Å². The Kier molecular flexibility index (Phi) is 10.3. The topological polar surface area (TPSA) is 191 Å². The van der Waals surface area contributed by atoms with Crippen molar-refractivity contribution in [2.75, 3.05) is 17.3 Å². The Morgan fingerprint density at radius 2 is 1.97 bits per heavy atom. The summed E-state index contributed by atoms with van der Waals surface area (Å²) in [5.74, 6) is -0.633. The molecule has 0 aliphatic heterocycles. The van der Waals surface area contributed by atoms with Crippen LogP contribution in [0.2, 0.25) is 0 Å². The lowest BCUT2D eigenvalue weighted by molar-refractivity contribution is 0.159. The lowest BCUT2D eigenvalue weighted by Crippen LogP contribution is -2.22. The fourth-order valence-corrected chi connectivity index (χ4v) is 3.01. The van der Waals surface area contributed by atoms with Crippen molar-refractivity contribution >= 4 is 39.1 Å². The Labute approximate surface area is 175 Å². The van der Waals surface area contributed by atoms with Gasteiger partial charge in [0.05, 0.1) is 12.3 Å². The van der Waals surface area contributed by atoms with Crippen molar-refractivity contribution in [3.05, 3.63) is 18.2 Å². The molecule has 0 unspecified atom stereocenters. The van der Waals surface area contributed by atoms with Crippen LogP contribution in [0.5, 0.6) is 0 Å². The molecule has 0 atom stereocenters. The number of carbonyl (C=O) groups is 1. The van der Waals surface area contributed by atoms with E-state index in [1.165, 1.54) is 18.6 Å². The van der Waals surface area contributed by atoms with Gasteiger partial charge in [0.2, 0.25) is 5.71 Å². The minimum atomic E-state index is -4.62. The quantitative estimate of drug-likeness (QED) is 0.108. The Balaban J connectivity index is 2.79. The molecule has 1 aromatic carbocycles. The Bertz CT molecular complexity index is 923. The predicted molar refractivity (Wildman–Crippen MR) is 113 cm³/mol. The minimum Gasteiger partial charge on any atom is -0.449 e. The monoisotopic (exact) mass is 438 g/mol. The molecule has 11 nitrogen and oxygen atoms in total. The van der Waals surface area contributed by atoms with Crippen LogP contribution in [0.25, 0.3) is 0 Å². The van der Waals surface area contributed by atoms with Crippen LogP contribution in [0.15, 0.2) is 28.2 Å². The van der Waals surface area contributed by atoms with E-state index in [1.54, 1.807) is 6.07 Å². The van der Waals surface area contributed by atoms with E-state index in [1.807, 2.05) is 0 Å². The summed E-state index contributed by atoms with van der Waals surface area (Å²) >= 11 is 0. The number of ether oxygens (including phenoxy) is 1. The molecule has 0 heterocycles. The Hall–Kier alpha value is -3.17. The number of amides is 1. The summed E-state index contributed by atoms with van der Waals surface area (Å²) in [6.45, 7) is 2.38. The fourth-order valence-electron chi connectivity index (χ4n) is 2.38. The molecule has 0 aliphatic rings. The van der Waals surface area contributed by atoms with Gasteiger partial charge in [-0.2, -0.15) is 18.8 Å². The molecule has 0 saturated heterocycles. The molecule has 6 N–H and O–H groups in total. The highest BCUT2D eigenvalue weighted by atomic mass is 32.2. The molecule has 0 bridgehead atoms. The van der Waals surface area contributed by atoms with Gasteiger partial charge in [-0.15, -0.1) is 0 Å². The van der Waals surface area contributed by atoms with Gasteiger partial charge in [0, 0.05) is 5.69 Å². The highest BCUT2D eigenvalue weighted by Gasteiger charge is 2.17. The van der Waals surface area contributed by atoms with Gasteiger partial charge in [-0.25, -0.2) is 4.79 Å². The summed E-state index contributed by atoms with van der Waals surface area (Å²) in [6.07, 6.45) is 5.55. The van der Waals surface area contributed by atoms with Gasteiger partial charge >= 0.3 is 6.09 Å². The maximum absolute atomic E-state index is 11.9. The molecule has 0 aromatic heterocycles. The van der Waals surface area contributed by atoms with E-state index in [-0.39, 0.29) is 18.0 Å². The zero-order valence-corrected chi connectivity index (χ0v) is 17.5. The smallest absolute Gasteiger partial charge is 0.411 e. The fraction of sp³-hybridized carbons (Fsp3) is 0.444. The molecule has 0 aliphatic carbocycles. The van der Waals surface area contributed by atoms with E-state index in [4.69, 9.17) is 21.1 Å². The zero-order chi connectivity index (χ0) is 22.6. The number of hydrogen-bond acceptors (Lipinski definition) is 8. The van der Waals surface area contributed by atoms with Crippen LogP contribution in [0.4, 0.5) is 16.2 Å². The van der Waals surface area contributed by atoms with Gasteiger partial charge in [0.1, 0.15) is 11.0 Å². The second-order valence-corrected chi connectivity index (χ2v) is 7.70. The maximum atomic E-state index is 11.9. The zero-order valence-electron chi connectivity index (χ0n) is 16.6. The van der Waals surface area contributed by atoms with Crippen LogP contribution < -0.4 is 16.5 Å². The lowest BCUT2D eigenvalue weighted by Gasteiger charge is -2.11. The summed E-state index contributed by atoms with van der Waals surface area (Å²) in [7, 11) is -4.62. The largest absolute Gasteiger partial charge is 0.449 e. The third-order valence-corrected chi connectivity index (χ3v) is 4.80. The molecule has 0 saturated carbocycles. The number of nitrogens with zero attached hydrogens (tertiary/aromatic N) is 2. The average Bonchev–Trinajstić information content (AvgIpc) is 2.66. The van der Waals surface area contributed by atoms with Crippen molar-refractivity contribution in [2.45, 2.75) is 50.3 Å². The predicted octanol–water partition coefficient (Wildman–Crippen LogP) is 3.07. The van der Waals surface area contributed by atoms with E-state index in [0.29, 0.717) is 0 Å². The molecule has 164 valence electrons. The molecule has 1 rings (SSSR count). The third kappa shape index (κ3) is 8.89. The van der Waals surface area contributed by atoms with Gasteiger partial charge in [-0.05, 0) is 24.6 Å². The molecule has 1 amide bonds. The highest BCUT2D eigenvalue weighted by Crippen LogP contribution is 2.25. The third-order valence-electron chi connectivity index (χ3n) is 3.88. The molecule has 0 fully saturated rings. The van der Waals surface area contributed by atoms with E-state index < -0.39 is 32.7 Å². The van der Waals surface area contributed by atoms with E-state index in [0.717, 1.165) is 38.2 Å². The van der Waals surface area contributed by atoms with Crippen LogP contribution >= 0.6 is 0 Å². The van der Waals surface area contributed by atoms with E-state index in [2.05, 4.69) is 22.8 Å². The molecular weight excluding hydrogens is 412 g/mol. The molecular formula is C18H26N6O5S. The Morgan fingerprint density at radius 1 is 1.30 bits per heavy atom. The number of nitriles is 1. The first-order valence-electron chi connectivity index (χ1n) is 9.32. The normalized spacial score (nSPS) is 11.4. The van der Waals surface area contributed by atoms with Gasteiger partial charge < -0.3 is 10.5 Å². The second kappa shape index (κ2) is 12.4. The SMILES string of the molecule is CCCCCCCCOC(=O)Nc1ccc(S(=O)(=O)O)c(N/N=C(\C#N)C(=N)N)c1. The van der Waals surface area contributed by atoms with Crippen molar-refractivity contribution < 1.29 is 22.5 Å². The number of benzene rings is 1. The summed E-state index contributed by atoms with van der Waals surface area (Å²) < 4.78 is 37.5. The van der Waals surface area contributed by atoms with Crippen LogP contribution in [0.1, 0.15) is 45.4 Å². The lowest BCUT2D eigenvalue weighted by atomic mass is 10.1. The van der Waals surface area contributed by atoms with Gasteiger partial charge in [-0.1, -0.05) is 39.0 Å². The van der Waals surface area contributed by atoms with Gasteiger partial charge in [-0.3, -0.25) is 20.7 Å². The molecule has 0 radical (unpaired) electrons. The Morgan fingerprint density at radius 3 is 2.57 bits per heavy atom. The van der Waals surface area contributed by atoms with Crippen LogP contribution in [-0.4, -0.2) is 37.2 Å². The van der Waals surface area contributed by atoms with E-state index >= 15 is 0 Å². The number of nitrogens with one attached hydrogen (secondary N) is 3. The summed E-state index contributed by atoms with van der Waals surface area (Å²) in [5.41, 5.74) is 6.86. The van der Waals surface area contributed by atoms with Crippen molar-refractivity contribution in [1.82, 2.24) is 0 Å². The maximum Gasteiger partial charge on any atom is 0.411 e. The minimum absolute atomic E-state index is 0.161. The average molecular weight is 439 g/mol. The first-order chi connectivity index (χ1) is 14.2. The summed E-state index contributed by atoms with van der Waals surface area (Å²) in [4.78, 5) is 11.4. The number of carbonyl (C=O) groups excluding carboxylic acids is 1. The van der Waals surface area contributed by atoms with Crippen LogP contribution in [-0.2, 0) is 14.9 Å². The summed E-state index contributed by atoms with van der Waals surface area (Å²) in [5, 5.41) is 22.0. The number of unbranched alkanes of at least 4 members (excludes halogenated alkanes) is 5. The first-order valence-corrected chi connectivity index (χ1v) is 10.8. The molecule has 0 spiro atoms. The van der Waals surface area contributed by atoms with Gasteiger partial charge in [0.25, 0.3) is 10.1 Å². The first kappa shape index (κ1) is 24.9. The number of rotatable bonds is 12. The van der Waals surface area contributed by atoms with Crippen molar-refractivity contribution in [3.63, 3.8) is 0 Å². The summed E-state index contributed by atoms with van der Waals surface area (Å²) in [6, 6.07) is 5.02. The number of nitrogens with two attached hydrogens (primary N) is 1. The van der Waals surface area contributed by atoms with Gasteiger partial charge in [0.15, 0.2) is 5.84 Å². The molecule has 1 aromatic rings. The molecule has 12 heteroatoms. The second-order valence-electron chi connectivity index (χ2n) is 6.31. The van der Waals surface area contributed by atoms with E-state index in [9.17, 15) is 17.8 Å². The standard InChI is InChI=1S/C18H26N6O5S/c1-2-3-4-5-6-7-10-29-18(25)22-13-8-9-16(30(26,27)28)14(11-13)23-24-15(12-19)17(20)21/h8-9,11,23H,2-7,10H2,1H3,(H3,20,21)(H,22,25)(H,26,27,28)/b24-15+. The number of amidine groups is 1. The molecule has 30 heavy (non-hydrogen) atoms. The number of hydrogen-bond donors (Lipinski definition) is 5. The number of anilines is 2. The van der Waals surface area contributed by atoms with Crippen molar-refractivity contribution in [1.29, 1.82) is 10.7 Å². The van der Waals surface area contributed by atoms with Crippen molar-refractivity contribution in [2.24, 2.45) is 10.8 Å². The van der Waals surface area contributed by atoms with Crippen molar-refractivity contribution in [3.8, 4) is 6.07 Å². The number of hydrazone groups is 1. The highest BCUT2D eigenvalue weighted by molar-refractivity contribution is 7.86.